The van der Waals surface area contributed by atoms with Crippen LogP contribution in [0.1, 0.15) is 6.42 Å². The molecule has 0 heterocycles. The van der Waals surface area contributed by atoms with Crippen molar-refractivity contribution < 1.29 is 14.7 Å². The highest BCUT2D eigenvalue weighted by molar-refractivity contribution is 8.00. The van der Waals surface area contributed by atoms with E-state index < -0.39 is 17.1 Å². The smallest absolute Gasteiger partial charge is 0.231 e. The zero-order valence-corrected chi connectivity index (χ0v) is 7.79. The van der Waals surface area contributed by atoms with E-state index in [1.807, 2.05) is 0 Å². The second-order valence-electron chi connectivity index (χ2n) is 2.28. The van der Waals surface area contributed by atoms with Crippen LogP contribution in [0.3, 0.4) is 0 Å². The van der Waals surface area contributed by atoms with Crippen LogP contribution in [-0.4, -0.2) is 27.9 Å². The molecule has 0 bridgehead atoms. The number of rotatable bonds is 6. The lowest BCUT2D eigenvalue weighted by Crippen LogP contribution is -2.30. The van der Waals surface area contributed by atoms with Gasteiger partial charge in [0.25, 0.3) is 0 Å². The number of nitrogens with two attached hydrogens (primary N) is 2. The number of hydrogen-bond donors (Lipinski definition) is 3. The molecule has 0 aromatic heterocycles. The molecule has 0 saturated carbocycles. The fraction of sp³-hybridized carbons (Fsp3) is 0.429. The van der Waals surface area contributed by atoms with Crippen LogP contribution in [0, 0.1) is 0 Å². The molecule has 0 aromatic carbocycles. The van der Waals surface area contributed by atoms with Crippen LogP contribution in [0.5, 0.6) is 0 Å². The van der Waals surface area contributed by atoms with Gasteiger partial charge in [0, 0.05) is 12.2 Å². The molecule has 5 nitrogen and oxygen atoms in total. The minimum Gasteiger partial charge on any atom is -0.516 e. The van der Waals surface area contributed by atoms with Crippen molar-refractivity contribution in [3.05, 3.63) is 12.3 Å². The Balaban J connectivity index is 3.95. The van der Waals surface area contributed by atoms with Crippen LogP contribution in [0.4, 0.5) is 0 Å². The monoisotopic (exact) mass is 204 g/mol. The first-order valence-corrected chi connectivity index (χ1v) is 4.61. The van der Waals surface area contributed by atoms with Gasteiger partial charge < -0.3 is 16.6 Å². The van der Waals surface area contributed by atoms with Crippen molar-refractivity contribution in [2.45, 2.75) is 11.7 Å². The van der Waals surface area contributed by atoms with Gasteiger partial charge in [0.05, 0.1) is 11.5 Å². The summed E-state index contributed by atoms with van der Waals surface area (Å²) >= 11 is 1.16. The summed E-state index contributed by atoms with van der Waals surface area (Å²) in [6, 6.07) is 0. The number of carbonyl (C=O) groups is 2. The van der Waals surface area contributed by atoms with Gasteiger partial charge in [-0.05, 0) is 6.08 Å². The third-order valence-corrected chi connectivity index (χ3v) is 2.39. The van der Waals surface area contributed by atoms with Gasteiger partial charge >= 0.3 is 0 Å². The topological polar surface area (TPSA) is 106 Å². The standard InChI is InChI=1S/C7H12N2O3S/c8-6(11)4-5(7(9)12)13-3-1-2-10/h1-2,5,10H,3-4H2,(H2,8,11)(H2,9,12). The zero-order chi connectivity index (χ0) is 10.3. The lowest BCUT2D eigenvalue weighted by molar-refractivity contribution is -0.122. The highest BCUT2D eigenvalue weighted by Crippen LogP contribution is 2.13. The van der Waals surface area contributed by atoms with Gasteiger partial charge in [0.15, 0.2) is 0 Å². The number of thioether (sulfide) groups is 1. The van der Waals surface area contributed by atoms with Crippen LogP contribution in [0.25, 0.3) is 0 Å². The number of aliphatic hydroxyl groups excluding tert-OH is 1. The van der Waals surface area contributed by atoms with Crippen LogP contribution in [-0.2, 0) is 9.59 Å². The lowest BCUT2D eigenvalue weighted by atomic mass is 10.3. The average Bonchev–Trinajstić information content (AvgIpc) is 2.02. The SMILES string of the molecule is NC(=O)CC(SCC=CO)C(N)=O. The van der Waals surface area contributed by atoms with Gasteiger partial charge in [-0.1, -0.05) is 0 Å². The molecule has 0 rings (SSSR count). The summed E-state index contributed by atoms with van der Waals surface area (Å²) in [4.78, 5) is 21.2. The molecule has 2 amide bonds. The molecular weight excluding hydrogens is 192 g/mol. The molecule has 5 N–H and O–H groups in total. The van der Waals surface area contributed by atoms with Crippen molar-refractivity contribution in [3.63, 3.8) is 0 Å². The van der Waals surface area contributed by atoms with E-state index in [1.165, 1.54) is 6.08 Å². The van der Waals surface area contributed by atoms with E-state index in [9.17, 15) is 9.59 Å². The third-order valence-electron chi connectivity index (χ3n) is 1.20. The van der Waals surface area contributed by atoms with Crippen LogP contribution in [0.15, 0.2) is 12.3 Å². The number of amides is 2. The molecule has 0 radical (unpaired) electrons. The van der Waals surface area contributed by atoms with Crippen molar-refractivity contribution in [1.29, 1.82) is 0 Å². The first-order valence-electron chi connectivity index (χ1n) is 3.56. The number of aliphatic hydroxyl groups is 1. The quantitative estimate of drug-likeness (QED) is 0.508. The fourth-order valence-corrected chi connectivity index (χ4v) is 1.51. The van der Waals surface area contributed by atoms with E-state index in [4.69, 9.17) is 16.6 Å². The van der Waals surface area contributed by atoms with E-state index >= 15 is 0 Å². The molecule has 0 aliphatic heterocycles. The van der Waals surface area contributed by atoms with E-state index in [1.54, 1.807) is 0 Å². The predicted molar refractivity (Wildman–Crippen MR) is 51.0 cm³/mol. The summed E-state index contributed by atoms with van der Waals surface area (Å²) in [5, 5.41) is 7.68. The Bertz CT molecular complexity index is 218. The molecule has 6 heteroatoms. The Morgan fingerprint density at radius 1 is 1.46 bits per heavy atom. The summed E-state index contributed by atoms with van der Waals surface area (Å²) in [7, 11) is 0. The summed E-state index contributed by atoms with van der Waals surface area (Å²) in [5.41, 5.74) is 9.92. The van der Waals surface area contributed by atoms with Crippen molar-refractivity contribution in [1.82, 2.24) is 0 Å². The van der Waals surface area contributed by atoms with Crippen LogP contribution in [0.2, 0.25) is 0 Å². The maximum absolute atomic E-state index is 10.7. The third kappa shape index (κ3) is 6.03. The van der Waals surface area contributed by atoms with E-state index in [0.29, 0.717) is 5.75 Å². The second kappa shape index (κ2) is 6.36. The molecule has 0 fully saturated rings. The van der Waals surface area contributed by atoms with E-state index in [-0.39, 0.29) is 6.42 Å². The van der Waals surface area contributed by atoms with Crippen LogP contribution < -0.4 is 11.5 Å². The number of carbonyl (C=O) groups excluding carboxylic acids is 2. The molecular formula is C7H12N2O3S. The Hall–Kier alpha value is -1.17. The van der Waals surface area contributed by atoms with Gasteiger partial charge in [-0.3, -0.25) is 9.59 Å². The Kier molecular flexibility index (Phi) is 5.79. The van der Waals surface area contributed by atoms with Crippen molar-refractivity contribution in [2.24, 2.45) is 11.5 Å². The number of hydrogen-bond acceptors (Lipinski definition) is 4. The molecule has 1 unspecified atom stereocenters. The largest absolute Gasteiger partial charge is 0.516 e. The van der Waals surface area contributed by atoms with Gasteiger partial charge in [-0.2, -0.15) is 0 Å². The maximum atomic E-state index is 10.7. The normalized spacial score (nSPS) is 12.9. The molecule has 0 spiro atoms. The van der Waals surface area contributed by atoms with Gasteiger partial charge in [0.2, 0.25) is 11.8 Å². The maximum Gasteiger partial charge on any atom is 0.231 e. The highest BCUT2D eigenvalue weighted by Gasteiger charge is 2.17. The predicted octanol–water partition coefficient (Wildman–Crippen LogP) is -0.479. The molecule has 1 atom stereocenters. The summed E-state index contributed by atoms with van der Waals surface area (Å²) in [6.45, 7) is 0. The van der Waals surface area contributed by atoms with Gasteiger partial charge in [-0.25, -0.2) is 0 Å². The fourth-order valence-electron chi connectivity index (χ4n) is 0.639. The minimum absolute atomic E-state index is 0.0702. The Morgan fingerprint density at radius 2 is 2.08 bits per heavy atom. The first-order chi connectivity index (χ1) is 6.07. The first kappa shape index (κ1) is 11.8. The molecule has 0 aromatic rings. The van der Waals surface area contributed by atoms with Crippen molar-refractivity contribution in [2.75, 3.05) is 5.75 Å². The van der Waals surface area contributed by atoms with E-state index in [2.05, 4.69) is 0 Å². The average molecular weight is 204 g/mol. The van der Waals surface area contributed by atoms with E-state index in [0.717, 1.165) is 18.0 Å². The number of primary amides is 2. The molecule has 0 saturated heterocycles. The van der Waals surface area contributed by atoms with Gasteiger partial charge in [0.1, 0.15) is 0 Å². The summed E-state index contributed by atoms with van der Waals surface area (Å²) < 4.78 is 0. The van der Waals surface area contributed by atoms with Crippen molar-refractivity contribution >= 4 is 23.6 Å². The summed E-state index contributed by atoms with van der Waals surface area (Å²) in [6.07, 6.45) is 2.25. The van der Waals surface area contributed by atoms with Crippen LogP contribution >= 0.6 is 11.8 Å². The minimum atomic E-state index is -0.617. The zero-order valence-electron chi connectivity index (χ0n) is 6.97. The molecule has 13 heavy (non-hydrogen) atoms. The highest BCUT2D eigenvalue weighted by atomic mass is 32.2. The molecule has 74 valence electrons. The molecule has 0 aliphatic carbocycles. The second-order valence-corrected chi connectivity index (χ2v) is 3.52. The Labute approximate surface area is 80.2 Å². The lowest BCUT2D eigenvalue weighted by Gasteiger charge is -2.08. The Morgan fingerprint density at radius 3 is 2.46 bits per heavy atom. The van der Waals surface area contributed by atoms with Crippen molar-refractivity contribution in [3.8, 4) is 0 Å². The van der Waals surface area contributed by atoms with Gasteiger partial charge in [-0.15, -0.1) is 11.8 Å². The molecule has 0 aliphatic rings. The summed E-state index contributed by atoms with van der Waals surface area (Å²) in [5.74, 6) is -0.725.